The molecule has 0 saturated carbocycles. The van der Waals surface area contributed by atoms with Gasteiger partial charge in [-0.2, -0.15) is 4.31 Å². The van der Waals surface area contributed by atoms with Gasteiger partial charge < -0.3 is 10.1 Å². The van der Waals surface area contributed by atoms with E-state index in [0.717, 1.165) is 12.0 Å². The second-order valence-corrected chi connectivity index (χ2v) is 7.53. The number of rotatable bonds is 5. The molecule has 3 unspecified atom stereocenters. The fourth-order valence-electron chi connectivity index (χ4n) is 2.65. The second kappa shape index (κ2) is 6.44. The molecule has 118 valence electrons. The summed E-state index contributed by atoms with van der Waals surface area (Å²) in [6.07, 6.45) is 0.674. The molecule has 3 atom stereocenters. The predicted molar refractivity (Wildman–Crippen MR) is 82.7 cm³/mol. The smallest absolute Gasteiger partial charge is 0.243 e. The van der Waals surface area contributed by atoms with Gasteiger partial charge in [-0.05, 0) is 45.0 Å². The first-order valence-corrected chi connectivity index (χ1v) is 8.68. The Morgan fingerprint density at radius 2 is 2.14 bits per heavy atom. The monoisotopic (exact) mass is 312 g/mol. The minimum Gasteiger partial charge on any atom is -0.377 e. The minimum absolute atomic E-state index is 0.0656. The van der Waals surface area contributed by atoms with Crippen LogP contribution in [0.2, 0.25) is 0 Å². The first-order chi connectivity index (χ1) is 9.87. The topological polar surface area (TPSA) is 58.6 Å². The lowest BCUT2D eigenvalue weighted by Gasteiger charge is -2.26. The van der Waals surface area contributed by atoms with Crippen LogP contribution in [0.3, 0.4) is 0 Å². The summed E-state index contributed by atoms with van der Waals surface area (Å²) in [5.74, 6) is 0. The van der Waals surface area contributed by atoms with E-state index < -0.39 is 10.0 Å². The highest BCUT2D eigenvalue weighted by Gasteiger charge is 2.35. The highest BCUT2D eigenvalue weighted by atomic mass is 32.2. The maximum absolute atomic E-state index is 12.8. The van der Waals surface area contributed by atoms with Crippen LogP contribution in [0.4, 0.5) is 0 Å². The predicted octanol–water partition coefficient (Wildman–Crippen LogP) is 1.76. The van der Waals surface area contributed by atoms with Crippen molar-refractivity contribution in [2.75, 3.05) is 20.7 Å². The van der Waals surface area contributed by atoms with E-state index in [4.69, 9.17) is 4.74 Å². The van der Waals surface area contributed by atoms with Crippen LogP contribution in [0, 0.1) is 0 Å². The quantitative estimate of drug-likeness (QED) is 0.900. The van der Waals surface area contributed by atoms with Gasteiger partial charge in [0.2, 0.25) is 10.0 Å². The second-order valence-electron chi connectivity index (χ2n) is 5.54. The summed E-state index contributed by atoms with van der Waals surface area (Å²) in [7, 11) is 0.000898. The summed E-state index contributed by atoms with van der Waals surface area (Å²) in [6.45, 7) is 4.54. The lowest BCUT2D eigenvalue weighted by molar-refractivity contribution is 0.102. The zero-order valence-electron chi connectivity index (χ0n) is 13.0. The third-order valence-corrected chi connectivity index (χ3v) is 6.15. The van der Waals surface area contributed by atoms with Crippen LogP contribution in [0.15, 0.2) is 29.2 Å². The molecule has 5 nitrogen and oxygen atoms in total. The van der Waals surface area contributed by atoms with Gasteiger partial charge in [0, 0.05) is 19.7 Å². The summed E-state index contributed by atoms with van der Waals surface area (Å²) < 4.78 is 32.5. The van der Waals surface area contributed by atoms with Gasteiger partial charge in [-0.3, -0.25) is 0 Å². The SMILES string of the molecule is CNC(C)c1cccc(S(=O)(=O)N(C)C2CCOC2C)c1. The lowest BCUT2D eigenvalue weighted by atomic mass is 10.1. The molecule has 0 aliphatic carbocycles. The molecule has 1 N–H and O–H groups in total. The third kappa shape index (κ3) is 3.29. The number of hydrogen-bond acceptors (Lipinski definition) is 4. The molecule has 2 rings (SSSR count). The van der Waals surface area contributed by atoms with E-state index in [-0.39, 0.29) is 18.2 Å². The number of sulfonamides is 1. The van der Waals surface area contributed by atoms with Gasteiger partial charge in [0.15, 0.2) is 0 Å². The Kier molecular flexibility index (Phi) is 5.03. The summed E-state index contributed by atoms with van der Waals surface area (Å²) in [5, 5.41) is 3.12. The van der Waals surface area contributed by atoms with Crippen molar-refractivity contribution in [3.05, 3.63) is 29.8 Å². The van der Waals surface area contributed by atoms with Crippen molar-refractivity contribution in [2.45, 2.75) is 43.4 Å². The van der Waals surface area contributed by atoms with Crippen molar-refractivity contribution in [3.63, 3.8) is 0 Å². The fourth-order valence-corrected chi connectivity index (χ4v) is 4.15. The molecule has 1 aliphatic heterocycles. The zero-order valence-corrected chi connectivity index (χ0v) is 13.9. The lowest BCUT2D eigenvalue weighted by Crippen LogP contribution is -2.40. The summed E-state index contributed by atoms with van der Waals surface area (Å²) >= 11 is 0. The summed E-state index contributed by atoms with van der Waals surface area (Å²) in [6, 6.07) is 7.13. The maximum Gasteiger partial charge on any atom is 0.243 e. The van der Waals surface area contributed by atoms with Crippen molar-refractivity contribution in [1.82, 2.24) is 9.62 Å². The molecule has 0 radical (unpaired) electrons. The van der Waals surface area contributed by atoms with Crippen LogP contribution in [0.5, 0.6) is 0 Å². The van der Waals surface area contributed by atoms with Gasteiger partial charge >= 0.3 is 0 Å². The number of nitrogens with one attached hydrogen (secondary N) is 1. The molecule has 1 fully saturated rings. The first kappa shape index (κ1) is 16.4. The molecule has 0 amide bonds. The Morgan fingerprint density at radius 3 is 2.71 bits per heavy atom. The molecule has 0 bridgehead atoms. The van der Waals surface area contributed by atoms with Crippen molar-refractivity contribution in [1.29, 1.82) is 0 Å². The van der Waals surface area contributed by atoms with Crippen LogP contribution in [-0.4, -0.2) is 45.6 Å². The molecule has 1 aliphatic rings. The van der Waals surface area contributed by atoms with Crippen LogP contribution in [0.1, 0.15) is 31.9 Å². The van der Waals surface area contributed by atoms with E-state index in [0.29, 0.717) is 11.5 Å². The molecule has 1 aromatic rings. The van der Waals surface area contributed by atoms with Gasteiger partial charge in [-0.25, -0.2) is 8.42 Å². The number of nitrogens with zero attached hydrogens (tertiary/aromatic N) is 1. The van der Waals surface area contributed by atoms with E-state index in [1.807, 2.05) is 27.0 Å². The van der Waals surface area contributed by atoms with Crippen molar-refractivity contribution in [2.24, 2.45) is 0 Å². The Labute approximate surface area is 127 Å². The highest BCUT2D eigenvalue weighted by Crippen LogP contribution is 2.26. The maximum atomic E-state index is 12.8. The van der Waals surface area contributed by atoms with Gasteiger partial charge in [-0.15, -0.1) is 0 Å². The number of likely N-dealkylation sites (N-methyl/N-ethyl adjacent to an activating group) is 1. The van der Waals surface area contributed by atoms with Crippen LogP contribution in [0.25, 0.3) is 0 Å². The minimum atomic E-state index is -3.49. The number of ether oxygens (including phenoxy) is 1. The zero-order chi connectivity index (χ0) is 15.6. The van der Waals surface area contributed by atoms with Crippen LogP contribution >= 0.6 is 0 Å². The molecule has 0 spiro atoms. The van der Waals surface area contributed by atoms with Crippen molar-refractivity contribution >= 4 is 10.0 Å². The number of hydrogen-bond donors (Lipinski definition) is 1. The average Bonchev–Trinajstić information content (AvgIpc) is 2.91. The van der Waals surface area contributed by atoms with Gasteiger partial charge in [0.05, 0.1) is 17.0 Å². The molecule has 1 aromatic carbocycles. The van der Waals surface area contributed by atoms with Gasteiger partial charge in [-0.1, -0.05) is 12.1 Å². The van der Waals surface area contributed by atoms with E-state index in [1.165, 1.54) is 4.31 Å². The van der Waals surface area contributed by atoms with Crippen molar-refractivity contribution in [3.8, 4) is 0 Å². The molecule has 6 heteroatoms. The number of benzene rings is 1. The molecular formula is C15H24N2O3S. The normalized spacial score (nSPS) is 24.4. The summed E-state index contributed by atoms with van der Waals surface area (Å²) in [4.78, 5) is 0.337. The van der Waals surface area contributed by atoms with Crippen LogP contribution in [-0.2, 0) is 14.8 Å². The molecule has 1 heterocycles. The summed E-state index contributed by atoms with van der Waals surface area (Å²) in [5.41, 5.74) is 0.961. The van der Waals surface area contributed by atoms with Crippen LogP contribution < -0.4 is 5.32 Å². The molecule has 1 saturated heterocycles. The van der Waals surface area contributed by atoms with E-state index >= 15 is 0 Å². The average molecular weight is 312 g/mol. The molecule has 21 heavy (non-hydrogen) atoms. The standard InChI is InChI=1S/C15H24N2O3S/c1-11(16-3)13-6-5-7-14(10-13)21(18,19)17(4)15-8-9-20-12(15)2/h5-7,10-12,15-16H,8-9H2,1-4H3. The van der Waals surface area contributed by atoms with E-state index in [9.17, 15) is 8.42 Å². The Bertz CT molecular complexity index is 588. The Hall–Kier alpha value is -0.950. The van der Waals surface area contributed by atoms with E-state index in [1.54, 1.807) is 25.2 Å². The Balaban J connectivity index is 2.31. The molecular weight excluding hydrogens is 288 g/mol. The Morgan fingerprint density at radius 1 is 1.43 bits per heavy atom. The van der Waals surface area contributed by atoms with E-state index in [2.05, 4.69) is 5.32 Å². The van der Waals surface area contributed by atoms with Gasteiger partial charge in [0.1, 0.15) is 0 Å². The molecule has 0 aromatic heterocycles. The fraction of sp³-hybridized carbons (Fsp3) is 0.600. The largest absolute Gasteiger partial charge is 0.377 e. The third-order valence-electron chi connectivity index (χ3n) is 4.27. The van der Waals surface area contributed by atoms with Gasteiger partial charge in [0.25, 0.3) is 0 Å². The first-order valence-electron chi connectivity index (χ1n) is 7.24. The highest BCUT2D eigenvalue weighted by molar-refractivity contribution is 7.89. The van der Waals surface area contributed by atoms with Crippen molar-refractivity contribution < 1.29 is 13.2 Å².